The molecular formula is C19H22O. The van der Waals surface area contributed by atoms with E-state index in [1.807, 2.05) is 25.1 Å². The molecule has 2 aromatic rings. The first-order valence-electron chi connectivity index (χ1n) is 7.25. The summed E-state index contributed by atoms with van der Waals surface area (Å²) in [6.07, 6.45) is 6.28. The third kappa shape index (κ3) is 4.36. The summed E-state index contributed by atoms with van der Waals surface area (Å²) in [5, 5.41) is 9.67. The predicted molar refractivity (Wildman–Crippen MR) is 85.6 cm³/mol. The van der Waals surface area contributed by atoms with Crippen LogP contribution in [0.2, 0.25) is 0 Å². The molecule has 0 radical (unpaired) electrons. The first kappa shape index (κ1) is 14.5. The molecule has 0 saturated heterocycles. The lowest BCUT2D eigenvalue weighted by molar-refractivity contribution is 0.209. The average Bonchev–Trinajstić information content (AvgIpc) is 2.49. The van der Waals surface area contributed by atoms with E-state index in [2.05, 4.69) is 48.5 Å². The molecule has 0 spiro atoms. The number of allylic oxidation sites excluding steroid dienone is 1. The third-order valence-corrected chi connectivity index (χ3v) is 3.41. The number of benzene rings is 2. The molecule has 0 aliphatic carbocycles. The number of aliphatic hydroxyl groups is 1. The molecule has 0 unspecified atom stereocenters. The minimum Gasteiger partial charge on any atom is -0.389 e. The number of aliphatic hydroxyl groups excluding tert-OH is 1. The zero-order chi connectivity index (χ0) is 14.2. The molecule has 0 heterocycles. The van der Waals surface area contributed by atoms with Crippen LogP contribution in [0.15, 0.2) is 66.7 Å². The summed E-state index contributed by atoms with van der Waals surface area (Å²) in [6.45, 7) is 1.94. The molecule has 2 rings (SSSR count). The highest BCUT2D eigenvalue weighted by Crippen LogP contribution is 2.21. The summed E-state index contributed by atoms with van der Waals surface area (Å²) in [5.41, 5.74) is 3.85. The van der Waals surface area contributed by atoms with Crippen LogP contribution in [0.25, 0.3) is 11.1 Å². The van der Waals surface area contributed by atoms with Gasteiger partial charge in [-0.1, -0.05) is 66.7 Å². The molecule has 104 valence electrons. The zero-order valence-electron chi connectivity index (χ0n) is 12.0. The van der Waals surface area contributed by atoms with Crippen LogP contribution in [0, 0.1) is 0 Å². The van der Waals surface area contributed by atoms with Crippen LogP contribution < -0.4 is 0 Å². The van der Waals surface area contributed by atoms with Gasteiger partial charge in [0, 0.05) is 0 Å². The highest BCUT2D eigenvalue weighted by Gasteiger charge is 2.01. The third-order valence-electron chi connectivity index (χ3n) is 3.41. The van der Waals surface area contributed by atoms with Crippen molar-refractivity contribution in [2.75, 3.05) is 0 Å². The van der Waals surface area contributed by atoms with Crippen LogP contribution in [0.1, 0.15) is 25.3 Å². The fraction of sp³-hybridized carbons (Fsp3) is 0.263. The Morgan fingerprint density at radius 1 is 1.00 bits per heavy atom. The molecule has 20 heavy (non-hydrogen) atoms. The Labute approximate surface area is 121 Å². The Hall–Kier alpha value is -1.86. The summed E-state index contributed by atoms with van der Waals surface area (Å²) < 4.78 is 0. The van der Waals surface area contributed by atoms with Crippen LogP contribution in [0.3, 0.4) is 0 Å². The standard InChI is InChI=1S/C19H22O/c1-2-8-19(20)14-7-10-16-9-6-13-18(15-16)17-11-4-3-5-12-17/h2-6,8-9,11-13,15,19-20H,7,10,14H2,1H3/t19-/m1/s1. The number of aryl methyl sites for hydroxylation is 1. The molecule has 0 aliphatic rings. The molecule has 1 atom stereocenters. The lowest BCUT2D eigenvalue weighted by Gasteiger charge is -2.07. The summed E-state index contributed by atoms with van der Waals surface area (Å²) >= 11 is 0. The molecular weight excluding hydrogens is 244 g/mol. The van der Waals surface area contributed by atoms with Crippen molar-refractivity contribution in [1.82, 2.24) is 0 Å². The maximum atomic E-state index is 9.67. The second-order valence-electron chi connectivity index (χ2n) is 5.05. The SMILES string of the molecule is CC=C[C@@H](O)CCCc1cccc(-c2ccccc2)c1. The van der Waals surface area contributed by atoms with Gasteiger partial charge in [-0.15, -0.1) is 0 Å². The monoisotopic (exact) mass is 266 g/mol. The van der Waals surface area contributed by atoms with Gasteiger partial charge < -0.3 is 5.11 Å². The lowest BCUT2D eigenvalue weighted by atomic mass is 10.00. The summed E-state index contributed by atoms with van der Waals surface area (Å²) in [7, 11) is 0. The smallest absolute Gasteiger partial charge is 0.0720 e. The highest BCUT2D eigenvalue weighted by atomic mass is 16.3. The van der Waals surface area contributed by atoms with Crippen molar-refractivity contribution in [1.29, 1.82) is 0 Å². The van der Waals surface area contributed by atoms with Crippen molar-refractivity contribution in [2.24, 2.45) is 0 Å². The summed E-state index contributed by atoms with van der Waals surface area (Å²) in [4.78, 5) is 0. The minimum absolute atomic E-state index is 0.308. The van der Waals surface area contributed by atoms with E-state index >= 15 is 0 Å². The summed E-state index contributed by atoms with van der Waals surface area (Å²) in [5.74, 6) is 0. The largest absolute Gasteiger partial charge is 0.389 e. The van der Waals surface area contributed by atoms with E-state index in [1.54, 1.807) is 0 Å². The normalized spacial score (nSPS) is 12.7. The zero-order valence-corrected chi connectivity index (χ0v) is 12.0. The van der Waals surface area contributed by atoms with E-state index in [-0.39, 0.29) is 6.10 Å². The second kappa shape index (κ2) is 7.66. The lowest BCUT2D eigenvalue weighted by Crippen LogP contribution is -2.02. The van der Waals surface area contributed by atoms with Crippen molar-refractivity contribution in [3.8, 4) is 11.1 Å². The predicted octanol–water partition coefficient (Wildman–Crippen LogP) is 4.61. The fourth-order valence-corrected chi connectivity index (χ4v) is 2.37. The Bertz CT molecular complexity index is 543. The van der Waals surface area contributed by atoms with Gasteiger partial charge in [0.1, 0.15) is 0 Å². The Morgan fingerprint density at radius 2 is 1.75 bits per heavy atom. The number of hydrogen-bond donors (Lipinski definition) is 1. The van der Waals surface area contributed by atoms with Gasteiger partial charge >= 0.3 is 0 Å². The van der Waals surface area contributed by atoms with Crippen molar-refractivity contribution in [2.45, 2.75) is 32.3 Å². The first-order valence-corrected chi connectivity index (χ1v) is 7.25. The summed E-state index contributed by atoms with van der Waals surface area (Å²) in [6, 6.07) is 19.1. The molecule has 0 saturated carbocycles. The fourth-order valence-electron chi connectivity index (χ4n) is 2.37. The molecule has 1 nitrogen and oxygen atoms in total. The van der Waals surface area contributed by atoms with Gasteiger partial charge in [0.2, 0.25) is 0 Å². The van der Waals surface area contributed by atoms with Crippen LogP contribution in [-0.4, -0.2) is 11.2 Å². The van der Waals surface area contributed by atoms with E-state index in [4.69, 9.17) is 0 Å². The van der Waals surface area contributed by atoms with Gasteiger partial charge in [-0.2, -0.15) is 0 Å². The van der Waals surface area contributed by atoms with Gasteiger partial charge in [0.25, 0.3) is 0 Å². The van der Waals surface area contributed by atoms with Crippen molar-refractivity contribution in [3.05, 3.63) is 72.3 Å². The van der Waals surface area contributed by atoms with E-state index in [0.29, 0.717) is 0 Å². The van der Waals surface area contributed by atoms with Crippen molar-refractivity contribution in [3.63, 3.8) is 0 Å². The maximum absolute atomic E-state index is 9.67. The topological polar surface area (TPSA) is 20.2 Å². The maximum Gasteiger partial charge on any atom is 0.0720 e. The van der Waals surface area contributed by atoms with Crippen LogP contribution in [0.4, 0.5) is 0 Å². The van der Waals surface area contributed by atoms with E-state index in [0.717, 1.165) is 19.3 Å². The molecule has 0 bridgehead atoms. The molecule has 2 aromatic carbocycles. The van der Waals surface area contributed by atoms with Crippen LogP contribution >= 0.6 is 0 Å². The Balaban J connectivity index is 1.97. The molecule has 1 heteroatoms. The van der Waals surface area contributed by atoms with Crippen LogP contribution in [0.5, 0.6) is 0 Å². The van der Waals surface area contributed by atoms with Crippen LogP contribution in [-0.2, 0) is 6.42 Å². The molecule has 0 aliphatic heterocycles. The van der Waals surface area contributed by atoms with Gasteiger partial charge in [0.05, 0.1) is 6.10 Å². The highest BCUT2D eigenvalue weighted by molar-refractivity contribution is 5.63. The minimum atomic E-state index is -0.308. The quantitative estimate of drug-likeness (QED) is 0.757. The number of rotatable bonds is 6. The number of hydrogen-bond acceptors (Lipinski definition) is 1. The molecule has 0 aromatic heterocycles. The Morgan fingerprint density at radius 3 is 2.50 bits per heavy atom. The van der Waals surface area contributed by atoms with Crippen molar-refractivity contribution >= 4 is 0 Å². The average molecular weight is 266 g/mol. The van der Waals surface area contributed by atoms with E-state index < -0.39 is 0 Å². The Kier molecular flexibility index (Phi) is 5.57. The molecule has 1 N–H and O–H groups in total. The van der Waals surface area contributed by atoms with E-state index in [1.165, 1.54) is 16.7 Å². The van der Waals surface area contributed by atoms with Crippen molar-refractivity contribution < 1.29 is 5.11 Å². The molecule has 0 amide bonds. The van der Waals surface area contributed by atoms with Gasteiger partial charge in [-0.25, -0.2) is 0 Å². The molecule has 0 fully saturated rings. The van der Waals surface area contributed by atoms with Gasteiger partial charge in [0.15, 0.2) is 0 Å². The van der Waals surface area contributed by atoms with E-state index in [9.17, 15) is 5.11 Å². The first-order chi connectivity index (χ1) is 9.79. The second-order valence-corrected chi connectivity index (χ2v) is 5.05. The van der Waals surface area contributed by atoms with Gasteiger partial charge in [-0.3, -0.25) is 0 Å². The van der Waals surface area contributed by atoms with Gasteiger partial charge in [-0.05, 0) is 42.9 Å².